The first-order valence-corrected chi connectivity index (χ1v) is 6.73. The van der Waals surface area contributed by atoms with Crippen molar-refractivity contribution < 1.29 is 4.74 Å². The topological polar surface area (TPSA) is 86.0 Å². The van der Waals surface area contributed by atoms with Crippen LogP contribution >= 0.6 is 0 Å². The molecule has 0 aromatic carbocycles. The van der Waals surface area contributed by atoms with E-state index in [0.717, 1.165) is 37.2 Å². The molecule has 1 aliphatic rings. The number of nitrogens with one attached hydrogen (secondary N) is 1. The van der Waals surface area contributed by atoms with Crippen LogP contribution < -0.4 is 15.8 Å². The summed E-state index contributed by atoms with van der Waals surface area (Å²) in [7, 11) is 0. The fraction of sp³-hybridized carbons (Fsp3) is 0.357. The summed E-state index contributed by atoms with van der Waals surface area (Å²) < 4.78 is 5.89. The molecule has 3 heterocycles. The normalized spacial score (nSPS) is 16.0. The van der Waals surface area contributed by atoms with Gasteiger partial charge < -0.3 is 15.8 Å². The molecule has 0 bridgehead atoms. The van der Waals surface area contributed by atoms with Crippen LogP contribution in [0.3, 0.4) is 0 Å². The van der Waals surface area contributed by atoms with Gasteiger partial charge in [0, 0.05) is 18.0 Å². The van der Waals surface area contributed by atoms with Gasteiger partial charge in [0.15, 0.2) is 5.82 Å². The lowest BCUT2D eigenvalue weighted by Crippen LogP contribution is -2.34. The Balaban J connectivity index is 1.83. The first-order chi connectivity index (χ1) is 9.83. The summed E-state index contributed by atoms with van der Waals surface area (Å²) in [5.41, 5.74) is 7.55. The first kappa shape index (κ1) is 12.8. The lowest BCUT2D eigenvalue weighted by Gasteiger charge is -2.23. The van der Waals surface area contributed by atoms with E-state index in [0.29, 0.717) is 11.7 Å². The molecule has 0 unspecified atom stereocenters. The van der Waals surface area contributed by atoms with Gasteiger partial charge in [0.2, 0.25) is 0 Å². The number of ether oxygens (including phenoxy) is 1. The van der Waals surface area contributed by atoms with E-state index < -0.39 is 0 Å². The van der Waals surface area contributed by atoms with Gasteiger partial charge in [0.25, 0.3) is 5.88 Å². The minimum absolute atomic E-state index is 0.153. The van der Waals surface area contributed by atoms with Crippen LogP contribution in [0.1, 0.15) is 12.8 Å². The Morgan fingerprint density at radius 1 is 1.20 bits per heavy atom. The van der Waals surface area contributed by atoms with Crippen LogP contribution in [0, 0.1) is 0 Å². The second-order valence-electron chi connectivity index (χ2n) is 4.75. The molecule has 2 aromatic heterocycles. The van der Waals surface area contributed by atoms with E-state index in [2.05, 4.69) is 20.3 Å². The number of rotatable bonds is 3. The molecule has 3 rings (SSSR count). The van der Waals surface area contributed by atoms with Crippen LogP contribution in [0.2, 0.25) is 0 Å². The average molecular weight is 271 g/mol. The molecular formula is C14H17N5O. The van der Waals surface area contributed by atoms with Gasteiger partial charge in [-0.05, 0) is 38.1 Å². The molecule has 6 heteroatoms. The second-order valence-corrected chi connectivity index (χ2v) is 4.75. The van der Waals surface area contributed by atoms with Crippen molar-refractivity contribution in [3.63, 3.8) is 0 Å². The van der Waals surface area contributed by atoms with Crippen LogP contribution in [0.25, 0.3) is 11.3 Å². The van der Waals surface area contributed by atoms with E-state index in [1.54, 1.807) is 18.6 Å². The van der Waals surface area contributed by atoms with Crippen LogP contribution in [-0.4, -0.2) is 34.1 Å². The largest absolute Gasteiger partial charge is 0.472 e. The quantitative estimate of drug-likeness (QED) is 0.874. The Morgan fingerprint density at radius 3 is 2.70 bits per heavy atom. The second kappa shape index (κ2) is 5.83. The van der Waals surface area contributed by atoms with E-state index in [1.165, 1.54) is 0 Å². The van der Waals surface area contributed by atoms with Crippen molar-refractivity contribution in [1.29, 1.82) is 0 Å². The van der Waals surface area contributed by atoms with E-state index in [9.17, 15) is 0 Å². The highest BCUT2D eigenvalue weighted by Crippen LogP contribution is 2.24. The van der Waals surface area contributed by atoms with Gasteiger partial charge in [-0.1, -0.05) is 0 Å². The molecule has 0 aliphatic carbocycles. The molecule has 0 amide bonds. The van der Waals surface area contributed by atoms with E-state index >= 15 is 0 Å². The highest BCUT2D eigenvalue weighted by molar-refractivity contribution is 5.59. The predicted octanol–water partition coefficient (Wildman–Crippen LogP) is 1.25. The van der Waals surface area contributed by atoms with E-state index in [-0.39, 0.29) is 6.10 Å². The predicted molar refractivity (Wildman–Crippen MR) is 76.2 cm³/mol. The summed E-state index contributed by atoms with van der Waals surface area (Å²) in [6, 6.07) is 3.77. The molecule has 2 aromatic rings. The maximum absolute atomic E-state index is 5.89. The van der Waals surface area contributed by atoms with Crippen molar-refractivity contribution in [3.8, 4) is 17.1 Å². The standard InChI is InChI=1S/C14H17N5O/c15-13-14(20-11-3-7-17-8-4-11)19-12(9-18-13)10-1-5-16-6-2-10/h1-2,5-6,9,11,17H,3-4,7-8H2,(H2,15,18). The molecule has 0 spiro atoms. The Labute approximate surface area is 117 Å². The van der Waals surface area contributed by atoms with Crippen molar-refractivity contribution >= 4 is 5.82 Å². The monoisotopic (exact) mass is 271 g/mol. The third-order valence-electron chi connectivity index (χ3n) is 3.31. The number of piperidine rings is 1. The van der Waals surface area contributed by atoms with E-state index in [1.807, 2.05) is 12.1 Å². The molecule has 104 valence electrons. The molecule has 0 atom stereocenters. The molecule has 3 N–H and O–H groups in total. The maximum atomic E-state index is 5.89. The van der Waals surface area contributed by atoms with Gasteiger partial charge in [-0.25, -0.2) is 9.97 Å². The third kappa shape index (κ3) is 2.85. The van der Waals surface area contributed by atoms with Crippen LogP contribution in [0.4, 0.5) is 5.82 Å². The number of nitrogens with two attached hydrogens (primary N) is 1. The Morgan fingerprint density at radius 2 is 1.95 bits per heavy atom. The fourth-order valence-electron chi connectivity index (χ4n) is 2.20. The molecule has 0 radical (unpaired) electrons. The van der Waals surface area contributed by atoms with Crippen LogP contribution in [0.15, 0.2) is 30.7 Å². The minimum Gasteiger partial charge on any atom is -0.472 e. The zero-order valence-electron chi connectivity index (χ0n) is 11.1. The molecular weight excluding hydrogens is 254 g/mol. The minimum atomic E-state index is 0.153. The molecule has 20 heavy (non-hydrogen) atoms. The van der Waals surface area contributed by atoms with Crippen molar-refractivity contribution in [3.05, 3.63) is 30.7 Å². The van der Waals surface area contributed by atoms with Crippen molar-refractivity contribution in [2.24, 2.45) is 0 Å². The summed E-state index contributed by atoms with van der Waals surface area (Å²) in [6.45, 7) is 1.92. The molecule has 1 fully saturated rings. The SMILES string of the molecule is Nc1ncc(-c2ccncc2)nc1OC1CCNCC1. The Bertz CT molecular complexity index is 569. The average Bonchev–Trinajstić information content (AvgIpc) is 2.51. The summed E-state index contributed by atoms with van der Waals surface area (Å²) in [5.74, 6) is 0.757. The molecule has 6 nitrogen and oxygen atoms in total. The number of nitrogen functional groups attached to an aromatic ring is 1. The van der Waals surface area contributed by atoms with Gasteiger partial charge >= 0.3 is 0 Å². The van der Waals surface area contributed by atoms with Gasteiger partial charge in [0.1, 0.15) is 6.10 Å². The third-order valence-corrected chi connectivity index (χ3v) is 3.31. The Kier molecular flexibility index (Phi) is 3.73. The van der Waals surface area contributed by atoms with Crippen molar-refractivity contribution in [1.82, 2.24) is 20.3 Å². The number of nitrogens with zero attached hydrogens (tertiary/aromatic N) is 3. The molecule has 1 aliphatic heterocycles. The number of anilines is 1. The lowest BCUT2D eigenvalue weighted by atomic mass is 10.1. The summed E-state index contributed by atoms with van der Waals surface area (Å²) in [4.78, 5) is 12.6. The fourth-order valence-corrected chi connectivity index (χ4v) is 2.20. The summed E-state index contributed by atoms with van der Waals surface area (Å²) >= 11 is 0. The van der Waals surface area contributed by atoms with Gasteiger partial charge in [0.05, 0.1) is 11.9 Å². The van der Waals surface area contributed by atoms with Gasteiger partial charge in [-0.15, -0.1) is 0 Å². The first-order valence-electron chi connectivity index (χ1n) is 6.73. The number of hydrogen-bond acceptors (Lipinski definition) is 6. The maximum Gasteiger partial charge on any atom is 0.258 e. The smallest absolute Gasteiger partial charge is 0.258 e. The van der Waals surface area contributed by atoms with Crippen molar-refractivity contribution in [2.75, 3.05) is 18.8 Å². The van der Waals surface area contributed by atoms with Crippen LogP contribution in [0.5, 0.6) is 5.88 Å². The zero-order valence-corrected chi connectivity index (χ0v) is 11.1. The summed E-state index contributed by atoms with van der Waals surface area (Å²) in [6.07, 6.45) is 7.17. The number of hydrogen-bond donors (Lipinski definition) is 2. The summed E-state index contributed by atoms with van der Waals surface area (Å²) in [5, 5.41) is 3.30. The van der Waals surface area contributed by atoms with Crippen molar-refractivity contribution in [2.45, 2.75) is 18.9 Å². The van der Waals surface area contributed by atoms with Gasteiger partial charge in [-0.2, -0.15) is 0 Å². The lowest BCUT2D eigenvalue weighted by molar-refractivity contribution is 0.156. The highest BCUT2D eigenvalue weighted by atomic mass is 16.5. The Hall–Kier alpha value is -2.21. The number of aromatic nitrogens is 3. The van der Waals surface area contributed by atoms with Gasteiger partial charge in [-0.3, -0.25) is 4.98 Å². The van der Waals surface area contributed by atoms with E-state index in [4.69, 9.17) is 10.5 Å². The number of pyridine rings is 1. The zero-order chi connectivity index (χ0) is 13.8. The van der Waals surface area contributed by atoms with Crippen LogP contribution in [-0.2, 0) is 0 Å². The molecule has 1 saturated heterocycles. The highest BCUT2D eigenvalue weighted by Gasteiger charge is 2.17. The molecule has 0 saturated carbocycles.